The van der Waals surface area contributed by atoms with Crippen molar-refractivity contribution in [1.29, 1.82) is 0 Å². The lowest BCUT2D eigenvalue weighted by atomic mass is 9.99. The van der Waals surface area contributed by atoms with Gasteiger partial charge < -0.3 is 25.6 Å². The van der Waals surface area contributed by atoms with Crippen LogP contribution in [0.15, 0.2) is 47.4 Å². The molecule has 4 N–H and O–H groups in total. The summed E-state index contributed by atoms with van der Waals surface area (Å²) in [6, 6.07) is 7.00. The third-order valence-electron chi connectivity index (χ3n) is 7.40. The monoisotopic (exact) mass is 561 g/mol. The number of nitrogens with one attached hydrogen (secondary N) is 1. The van der Waals surface area contributed by atoms with E-state index < -0.39 is 46.9 Å². The molecule has 0 saturated carbocycles. The van der Waals surface area contributed by atoms with Gasteiger partial charge >= 0.3 is 0 Å². The Bertz CT molecular complexity index is 1480. The van der Waals surface area contributed by atoms with Gasteiger partial charge in [-0.2, -0.15) is 0 Å². The first kappa shape index (κ1) is 29.2. The fourth-order valence-electron chi connectivity index (χ4n) is 4.89. The Kier molecular flexibility index (Phi) is 8.33. The number of benzene rings is 2. The van der Waals surface area contributed by atoms with Gasteiger partial charge in [0.05, 0.1) is 16.9 Å². The fourth-order valence-corrected chi connectivity index (χ4v) is 4.89. The average Bonchev–Trinajstić information content (AvgIpc) is 2.88. The molecule has 1 saturated heterocycles. The van der Waals surface area contributed by atoms with Gasteiger partial charge in [0.2, 0.25) is 0 Å². The summed E-state index contributed by atoms with van der Waals surface area (Å²) in [6.45, 7) is 4.98. The summed E-state index contributed by atoms with van der Waals surface area (Å²) in [5.41, 5.74) is 3.81. The van der Waals surface area contributed by atoms with E-state index in [9.17, 15) is 27.9 Å². The van der Waals surface area contributed by atoms with E-state index in [1.54, 1.807) is 0 Å². The number of piperazine rings is 1. The Labute approximate surface area is 228 Å². The van der Waals surface area contributed by atoms with Crippen molar-refractivity contribution in [2.45, 2.75) is 38.6 Å². The maximum absolute atomic E-state index is 15.6. The number of aliphatic hydroxyl groups is 1. The summed E-state index contributed by atoms with van der Waals surface area (Å²) < 4.78 is 58.7. The number of halogens is 4. The van der Waals surface area contributed by atoms with Crippen LogP contribution in [0.25, 0.3) is 11.1 Å². The predicted molar refractivity (Wildman–Crippen MR) is 144 cm³/mol. The summed E-state index contributed by atoms with van der Waals surface area (Å²) in [7, 11) is 3.31. The highest BCUT2D eigenvalue weighted by Crippen LogP contribution is 2.37. The minimum atomic E-state index is -3.09. The summed E-state index contributed by atoms with van der Waals surface area (Å²) in [5.74, 6) is -2.48. The van der Waals surface area contributed by atoms with Crippen LogP contribution in [0.5, 0.6) is 0 Å². The van der Waals surface area contributed by atoms with Crippen LogP contribution in [0.2, 0.25) is 0 Å². The quantitative estimate of drug-likeness (QED) is 0.311. The minimum absolute atomic E-state index is 0.0687. The minimum Gasteiger partial charge on any atom is -0.374 e. The van der Waals surface area contributed by atoms with E-state index in [0.29, 0.717) is 24.8 Å². The number of hydrogen-bond donors (Lipinski definition) is 3. The Morgan fingerprint density at radius 1 is 1.02 bits per heavy atom. The highest BCUT2D eigenvalue weighted by atomic mass is 19.3. The molecule has 0 bridgehead atoms. The number of aromatic nitrogens is 1. The number of nitrogens with two attached hydrogens (primary N) is 1. The molecule has 3 aromatic rings. The van der Waals surface area contributed by atoms with Gasteiger partial charge in [-0.15, -0.1) is 0 Å². The zero-order valence-electron chi connectivity index (χ0n) is 22.5. The van der Waals surface area contributed by atoms with Crippen molar-refractivity contribution in [3.63, 3.8) is 0 Å². The van der Waals surface area contributed by atoms with Gasteiger partial charge in [-0.05, 0) is 44.7 Å². The second-order valence-corrected chi connectivity index (χ2v) is 10.1. The van der Waals surface area contributed by atoms with Crippen LogP contribution in [-0.2, 0) is 7.05 Å². The Morgan fingerprint density at radius 3 is 2.25 bits per heavy atom. The third-order valence-corrected chi connectivity index (χ3v) is 7.40. The molecule has 1 aromatic heterocycles. The number of pyridine rings is 1. The molecule has 8 nitrogen and oxygen atoms in total. The molecule has 1 fully saturated rings. The molecular weight excluding hydrogens is 530 g/mol. The van der Waals surface area contributed by atoms with Crippen LogP contribution < -0.4 is 21.5 Å². The van der Waals surface area contributed by atoms with Crippen molar-refractivity contribution in [1.82, 2.24) is 9.47 Å². The lowest BCUT2D eigenvalue weighted by Gasteiger charge is -2.44. The number of carbonyl (C=O) groups excluding carboxylic acids is 1. The van der Waals surface area contributed by atoms with Gasteiger partial charge in [0, 0.05) is 61.2 Å². The van der Waals surface area contributed by atoms with Gasteiger partial charge in [0.25, 0.3) is 17.9 Å². The Morgan fingerprint density at radius 2 is 1.68 bits per heavy atom. The first-order valence-corrected chi connectivity index (χ1v) is 12.6. The maximum Gasteiger partial charge on any atom is 0.264 e. The number of carbonyl (C=O) groups is 1. The summed E-state index contributed by atoms with van der Waals surface area (Å²) in [5, 5.41) is 12.2. The number of alkyl halides is 2. The Hall–Kier alpha value is -3.74. The number of nitrogens with zero attached hydrogens (tertiary/aromatic N) is 3. The second-order valence-electron chi connectivity index (χ2n) is 10.1. The molecule has 40 heavy (non-hydrogen) atoms. The van der Waals surface area contributed by atoms with E-state index in [1.807, 2.05) is 25.8 Å². The smallest absolute Gasteiger partial charge is 0.264 e. The summed E-state index contributed by atoms with van der Waals surface area (Å²) in [4.78, 5) is 29.3. The summed E-state index contributed by atoms with van der Waals surface area (Å²) >= 11 is 0. The number of rotatable bonds is 6. The van der Waals surface area contributed by atoms with E-state index in [0.717, 1.165) is 16.8 Å². The van der Waals surface area contributed by atoms with Crippen molar-refractivity contribution >= 4 is 17.3 Å². The molecule has 2 heterocycles. The topological polar surface area (TPSA) is 104 Å². The fraction of sp³-hybridized carbons (Fsp3) is 0.357. The number of likely N-dealkylation sites (N-methyl/N-ethyl adjacent to an activating group) is 1. The van der Waals surface area contributed by atoms with Crippen LogP contribution in [0, 0.1) is 11.6 Å². The number of hydrogen-bond acceptors (Lipinski definition) is 6. The van der Waals surface area contributed by atoms with Crippen LogP contribution in [0.4, 0.5) is 28.9 Å². The van der Waals surface area contributed by atoms with Crippen LogP contribution >= 0.6 is 0 Å². The summed E-state index contributed by atoms with van der Waals surface area (Å²) in [6.07, 6.45) is -3.63. The SMILES string of the molecule is CC1CN(c2cc(F)c(-c3ccc(C(N)O)c(F)c3)cc2NC(=O)c2cn(C)c(=O)cc2C(F)F)C[C@@H](C)N1C. The van der Waals surface area contributed by atoms with E-state index in [-0.39, 0.29) is 34.5 Å². The number of aliphatic hydroxyl groups excluding tert-OH is 1. The molecule has 1 aliphatic rings. The molecule has 2 unspecified atom stereocenters. The molecule has 2 aromatic carbocycles. The van der Waals surface area contributed by atoms with Gasteiger partial charge in [-0.3, -0.25) is 14.5 Å². The van der Waals surface area contributed by atoms with Crippen LogP contribution in [-0.4, -0.2) is 52.7 Å². The maximum atomic E-state index is 15.6. The van der Waals surface area contributed by atoms with E-state index in [2.05, 4.69) is 10.2 Å². The Balaban J connectivity index is 1.84. The molecule has 0 radical (unpaired) electrons. The molecule has 1 amide bonds. The molecule has 214 valence electrons. The van der Waals surface area contributed by atoms with Crippen LogP contribution in [0.3, 0.4) is 0 Å². The molecule has 0 spiro atoms. The average molecular weight is 562 g/mol. The number of anilines is 2. The van der Waals surface area contributed by atoms with Gasteiger partial charge in [0.15, 0.2) is 0 Å². The van der Waals surface area contributed by atoms with Gasteiger partial charge in [0.1, 0.15) is 17.9 Å². The first-order valence-electron chi connectivity index (χ1n) is 12.6. The van der Waals surface area contributed by atoms with Crippen molar-refractivity contribution in [2.24, 2.45) is 12.8 Å². The van der Waals surface area contributed by atoms with E-state index in [4.69, 9.17) is 5.73 Å². The molecule has 0 aliphatic carbocycles. The van der Waals surface area contributed by atoms with Crippen molar-refractivity contribution < 1.29 is 27.5 Å². The van der Waals surface area contributed by atoms with Gasteiger partial charge in [-0.25, -0.2) is 17.6 Å². The second kappa shape index (κ2) is 11.4. The first-order chi connectivity index (χ1) is 18.8. The predicted octanol–water partition coefficient (Wildman–Crippen LogP) is 4.00. The number of aryl methyl sites for hydroxylation is 1. The van der Waals surface area contributed by atoms with E-state index in [1.165, 1.54) is 31.3 Å². The standard InChI is InChI=1S/C28H31F4N5O3/c1-14-11-37(12-15(2)36(14)4)24-10-22(30)18(16-5-6-17(27(33)39)21(29)7-16)8-23(24)34-28(40)20-13-35(3)25(38)9-19(20)26(31)32/h5-10,13-15,26-27,39H,11-12,33H2,1-4H3,(H,34,40)/t14-,15?,27?/m1/s1. The molecular formula is C28H31F4N5O3. The highest BCUT2D eigenvalue weighted by Gasteiger charge is 2.30. The number of amides is 1. The lowest BCUT2D eigenvalue weighted by Crippen LogP contribution is -2.55. The zero-order chi connectivity index (χ0) is 29.5. The normalized spacial score (nSPS) is 18.7. The van der Waals surface area contributed by atoms with Crippen molar-refractivity contribution in [3.05, 3.63) is 81.3 Å². The van der Waals surface area contributed by atoms with Crippen molar-refractivity contribution in [3.8, 4) is 11.1 Å². The van der Waals surface area contributed by atoms with E-state index >= 15 is 4.39 Å². The molecule has 12 heteroatoms. The van der Waals surface area contributed by atoms with Gasteiger partial charge in [-0.1, -0.05) is 12.1 Å². The van der Waals surface area contributed by atoms with Crippen LogP contribution in [0.1, 0.15) is 48.0 Å². The third kappa shape index (κ3) is 5.74. The molecule has 3 atom stereocenters. The largest absolute Gasteiger partial charge is 0.374 e. The lowest BCUT2D eigenvalue weighted by molar-refractivity contribution is 0.101. The molecule has 1 aliphatic heterocycles. The van der Waals surface area contributed by atoms with Crippen molar-refractivity contribution in [2.75, 3.05) is 30.4 Å². The molecule has 4 rings (SSSR count). The highest BCUT2D eigenvalue weighted by molar-refractivity contribution is 6.07. The zero-order valence-corrected chi connectivity index (χ0v) is 22.5.